The summed E-state index contributed by atoms with van der Waals surface area (Å²) in [4.78, 5) is 0. The molecule has 0 spiro atoms. The van der Waals surface area contributed by atoms with Crippen LogP contribution in [-0.2, 0) is 12.5 Å². The van der Waals surface area contributed by atoms with Gasteiger partial charge in [-0.3, -0.25) is 0 Å². The number of pyridine rings is 1. The van der Waals surface area contributed by atoms with E-state index in [1.807, 2.05) is 0 Å². The third-order valence-corrected chi connectivity index (χ3v) is 6.37. The summed E-state index contributed by atoms with van der Waals surface area (Å²) in [6.07, 6.45) is 2.31. The fourth-order valence-electron chi connectivity index (χ4n) is 4.39. The van der Waals surface area contributed by atoms with E-state index in [1.165, 1.54) is 49.8 Å². The van der Waals surface area contributed by atoms with Crippen molar-refractivity contribution >= 4 is 10.8 Å². The predicted octanol–water partition coefficient (Wildman–Crippen LogP) is 7.73. The van der Waals surface area contributed by atoms with Crippen LogP contribution in [-0.4, -0.2) is 0 Å². The number of fused-ring (bicyclic) bond motifs is 1. The minimum absolute atomic E-state index is 0.161. The van der Waals surface area contributed by atoms with E-state index in [4.69, 9.17) is 0 Å². The van der Waals surface area contributed by atoms with Crippen molar-refractivity contribution in [1.82, 2.24) is 0 Å². The molecule has 0 amide bonds. The Bertz CT molecular complexity index is 1260. The fourth-order valence-corrected chi connectivity index (χ4v) is 4.39. The lowest BCUT2D eigenvalue weighted by Crippen LogP contribution is -2.32. The summed E-state index contributed by atoms with van der Waals surface area (Å²) in [7, 11) is 2.16. The summed E-state index contributed by atoms with van der Waals surface area (Å²) in [5.41, 5.74) is 9.37. The Morgan fingerprint density at radius 1 is 0.774 bits per heavy atom. The highest BCUT2D eigenvalue weighted by molar-refractivity contribution is 5.89. The summed E-state index contributed by atoms with van der Waals surface area (Å²) < 4.78 is 2.28. The molecule has 0 fully saturated rings. The predicted molar refractivity (Wildman–Crippen MR) is 134 cm³/mol. The van der Waals surface area contributed by atoms with Gasteiger partial charge < -0.3 is 0 Å². The van der Waals surface area contributed by atoms with Crippen molar-refractivity contribution in [3.05, 3.63) is 89.6 Å². The van der Waals surface area contributed by atoms with E-state index in [2.05, 4.69) is 126 Å². The molecule has 0 radical (unpaired) electrons. The maximum Gasteiger partial charge on any atom is 0.213 e. The third kappa shape index (κ3) is 4.14. The van der Waals surface area contributed by atoms with Crippen LogP contribution in [0.3, 0.4) is 0 Å². The summed E-state index contributed by atoms with van der Waals surface area (Å²) >= 11 is 0. The van der Waals surface area contributed by atoms with Gasteiger partial charge in [0.15, 0.2) is 6.20 Å². The minimum Gasteiger partial charge on any atom is -0.201 e. The summed E-state index contributed by atoms with van der Waals surface area (Å²) in [5, 5.41) is 2.61. The first kappa shape index (κ1) is 21.3. The van der Waals surface area contributed by atoms with Gasteiger partial charge in [0.2, 0.25) is 5.69 Å². The maximum atomic E-state index is 2.38. The molecule has 3 aromatic carbocycles. The van der Waals surface area contributed by atoms with Gasteiger partial charge in [0.25, 0.3) is 0 Å². The van der Waals surface area contributed by atoms with Gasteiger partial charge >= 0.3 is 0 Å². The number of hydrogen-bond donors (Lipinski definition) is 0. The largest absolute Gasteiger partial charge is 0.213 e. The highest BCUT2D eigenvalue weighted by atomic mass is 14.9. The van der Waals surface area contributed by atoms with E-state index in [0.717, 1.165) is 0 Å². The Labute approximate surface area is 187 Å². The molecule has 0 aliphatic rings. The van der Waals surface area contributed by atoms with Gasteiger partial charge in [-0.1, -0.05) is 83.1 Å². The average Bonchev–Trinajstić information content (AvgIpc) is 2.72. The Hall–Kier alpha value is -2.93. The SMILES string of the molecule is Cc1ccccc1-c1cc(-c2ccc3cc(C(C)(C)C)ccc3c2)c(C(C)C)c[n+]1C. The molecule has 0 aliphatic heterocycles. The van der Waals surface area contributed by atoms with Crippen molar-refractivity contribution in [2.24, 2.45) is 7.05 Å². The van der Waals surface area contributed by atoms with Crippen LogP contribution in [0.5, 0.6) is 0 Å². The number of hydrogen-bond acceptors (Lipinski definition) is 0. The molecule has 0 N–H and O–H groups in total. The molecule has 0 saturated heterocycles. The zero-order chi connectivity index (χ0) is 22.3. The highest BCUT2D eigenvalue weighted by Crippen LogP contribution is 2.34. The van der Waals surface area contributed by atoms with Crippen LogP contribution in [0.15, 0.2) is 72.9 Å². The number of aromatic nitrogens is 1. The van der Waals surface area contributed by atoms with Gasteiger partial charge in [0, 0.05) is 17.2 Å². The molecule has 0 atom stereocenters. The summed E-state index contributed by atoms with van der Waals surface area (Å²) in [5.74, 6) is 0.450. The van der Waals surface area contributed by atoms with E-state index in [-0.39, 0.29) is 5.41 Å². The number of benzene rings is 3. The normalized spacial score (nSPS) is 12.0. The maximum absolute atomic E-state index is 2.38. The van der Waals surface area contributed by atoms with Crippen molar-refractivity contribution < 1.29 is 4.57 Å². The molecule has 158 valence electrons. The van der Waals surface area contributed by atoms with Crippen molar-refractivity contribution in [3.63, 3.8) is 0 Å². The average molecular weight is 409 g/mol. The van der Waals surface area contributed by atoms with E-state index >= 15 is 0 Å². The lowest BCUT2D eigenvalue weighted by atomic mass is 9.85. The Morgan fingerprint density at radius 2 is 1.45 bits per heavy atom. The zero-order valence-corrected chi connectivity index (χ0v) is 20.0. The van der Waals surface area contributed by atoms with Crippen LogP contribution >= 0.6 is 0 Å². The van der Waals surface area contributed by atoms with Gasteiger partial charge in [-0.2, -0.15) is 0 Å². The van der Waals surface area contributed by atoms with Gasteiger partial charge in [-0.25, -0.2) is 4.57 Å². The number of nitrogens with zero attached hydrogens (tertiary/aromatic N) is 1. The van der Waals surface area contributed by atoms with Crippen molar-refractivity contribution in [3.8, 4) is 22.4 Å². The Morgan fingerprint density at radius 3 is 2.13 bits per heavy atom. The second-order valence-electron chi connectivity index (χ2n) is 10.1. The van der Waals surface area contributed by atoms with Crippen LogP contribution in [0, 0.1) is 6.92 Å². The molecule has 0 aliphatic carbocycles. The second-order valence-corrected chi connectivity index (χ2v) is 10.1. The molecule has 1 heteroatoms. The van der Waals surface area contributed by atoms with Crippen molar-refractivity contribution in [2.75, 3.05) is 0 Å². The van der Waals surface area contributed by atoms with E-state index in [0.29, 0.717) is 5.92 Å². The molecule has 0 saturated carbocycles. The standard InChI is InChI=1S/C30H34N/c1-20(2)28-19-31(7)29(26-11-9-8-10-21(26)3)18-27(28)24-13-12-23-17-25(30(4,5)6)15-14-22(23)16-24/h8-20H,1-7H3/q+1. The fraction of sp³-hybridized carbons (Fsp3) is 0.300. The first-order chi connectivity index (χ1) is 14.6. The van der Waals surface area contributed by atoms with Crippen LogP contribution < -0.4 is 4.57 Å². The third-order valence-electron chi connectivity index (χ3n) is 6.37. The molecule has 1 aromatic heterocycles. The lowest BCUT2D eigenvalue weighted by Gasteiger charge is -2.20. The van der Waals surface area contributed by atoms with E-state index in [1.54, 1.807) is 0 Å². The highest BCUT2D eigenvalue weighted by Gasteiger charge is 2.20. The zero-order valence-electron chi connectivity index (χ0n) is 20.0. The number of aryl methyl sites for hydroxylation is 2. The monoisotopic (exact) mass is 408 g/mol. The smallest absolute Gasteiger partial charge is 0.201 e. The van der Waals surface area contributed by atoms with Gasteiger partial charge in [0.05, 0.1) is 0 Å². The topological polar surface area (TPSA) is 3.88 Å². The van der Waals surface area contributed by atoms with Crippen LogP contribution in [0.4, 0.5) is 0 Å². The second kappa shape index (κ2) is 7.96. The molecular formula is C30H34N+. The summed E-state index contributed by atoms with van der Waals surface area (Å²) in [6.45, 7) is 13.6. The van der Waals surface area contributed by atoms with Crippen LogP contribution in [0.1, 0.15) is 57.2 Å². The quantitative estimate of drug-likeness (QED) is 0.305. The van der Waals surface area contributed by atoms with Crippen molar-refractivity contribution in [2.45, 2.75) is 52.9 Å². The molecule has 0 bridgehead atoms. The van der Waals surface area contributed by atoms with Gasteiger partial charge in [-0.05, 0) is 63.4 Å². The Kier molecular flexibility index (Phi) is 5.47. The lowest BCUT2D eigenvalue weighted by molar-refractivity contribution is -0.660. The first-order valence-electron chi connectivity index (χ1n) is 11.3. The first-order valence-corrected chi connectivity index (χ1v) is 11.3. The van der Waals surface area contributed by atoms with Gasteiger partial charge in [0.1, 0.15) is 7.05 Å². The molecule has 4 rings (SSSR count). The van der Waals surface area contributed by atoms with Crippen LogP contribution in [0.2, 0.25) is 0 Å². The van der Waals surface area contributed by atoms with Gasteiger partial charge in [-0.15, -0.1) is 0 Å². The summed E-state index contributed by atoms with van der Waals surface area (Å²) in [6, 6.07) is 24.8. The van der Waals surface area contributed by atoms with E-state index < -0.39 is 0 Å². The van der Waals surface area contributed by atoms with Crippen LogP contribution in [0.25, 0.3) is 33.2 Å². The van der Waals surface area contributed by atoms with Crippen molar-refractivity contribution in [1.29, 1.82) is 0 Å². The minimum atomic E-state index is 0.161. The molecule has 1 heterocycles. The Balaban J connectivity index is 1.91. The molecule has 4 aromatic rings. The molecule has 0 unspecified atom stereocenters. The molecule has 31 heavy (non-hydrogen) atoms. The molecule has 1 nitrogen and oxygen atoms in total. The number of rotatable bonds is 3. The molecular weight excluding hydrogens is 374 g/mol. The van der Waals surface area contributed by atoms with E-state index in [9.17, 15) is 0 Å².